The summed E-state index contributed by atoms with van der Waals surface area (Å²) < 4.78 is 47.9. The fourth-order valence-electron chi connectivity index (χ4n) is 6.61. The molecular formula is C34H41F3N6O2. The molecule has 2 aromatic carbocycles. The number of nitrogens with one attached hydrogen (secondary N) is 3. The molecule has 6 rings (SSSR count). The molecule has 2 aliphatic heterocycles. The van der Waals surface area contributed by atoms with E-state index in [2.05, 4.69) is 30.8 Å². The van der Waals surface area contributed by atoms with Crippen LogP contribution in [0.15, 0.2) is 54.9 Å². The van der Waals surface area contributed by atoms with Crippen LogP contribution in [0.3, 0.4) is 0 Å². The summed E-state index contributed by atoms with van der Waals surface area (Å²) in [6, 6.07) is 11.5. The van der Waals surface area contributed by atoms with Gasteiger partial charge in [-0.05, 0) is 80.8 Å². The average Bonchev–Trinajstić information content (AvgIpc) is 3.48. The number of nitrogens with zero attached hydrogens (tertiary/aromatic N) is 3. The first-order valence-electron chi connectivity index (χ1n) is 15.9. The molecule has 1 amide bonds. The molecule has 45 heavy (non-hydrogen) atoms. The molecule has 3 heterocycles. The van der Waals surface area contributed by atoms with Crippen molar-refractivity contribution in [1.29, 1.82) is 0 Å². The third-order valence-corrected chi connectivity index (χ3v) is 9.40. The monoisotopic (exact) mass is 622 g/mol. The zero-order valence-electron chi connectivity index (χ0n) is 25.7. The SMILES string of the molecule is Cc1cc(NC(CC(=O)Nc2ccccc2)C(F)(F)F)ccc1C1CC(c2ncnc(NC(C3CCC3)N3CCCC3)c2C)O1. The zero-order chi connectivity index (χ0) is 31.6. The highest BCUT2D eigenvalue weighted by molar-refractivity contribution is 5.91. The van der Waals surface area contributed by atoms with E-state index in [0.29, 0.717) is 29.9 Å². The molecule has 3 aromatic rings. The van der Waals surface area contributed by atoms with E-state index in [1.165, 1.54) is 32.1 Å². The molecule has 1 aromatic heterocycles. The third-order valence-electron chi connectivity index (χ3n) is 9.40. The van der Waals surface area contributed by atoms with E-state index in [1.807, 2.05) is 13.8 Å². The molecule has 4 unspecified atom stereocenters. The largest absolute Gasteiger partial charge is 0.409 e. The van der Waals surface area contributed by atoms with E-state index in [4.69, 9.17) is 4.74 Å². The molecule has 2 saturated heterocycles. The first-order valence-corrected chi connectivity index (χ1v) is 15.9. The van der Waals surface area contributed by atoms with Crippen LogP contribution in [0.5, 0.6) is 0 Å². The number of amides is 1. The van der Waals surface area contributed by atoms with Crippen LogP contribution in [-0.4, -0.2) is 52.2 Å². The zero-order valence-corrected chi connectivity index (χ0v) is 25.7. The lowest BCUT2D eigenvalue weighted by atomic mass is 9.82. The maximum atomic E-state index is 13.9. The summed E-state index contributed by atoms with van der Waals surface area (Å²) in [6.45, 7) is 6.14. The predicted molar refractivity (Wildman–Crippen MR) is 168 cm³/mol. The van der Waals surface area contributed by atoms with Crippen LogP contribution < -0.4 is 16.0 Å². The second kappa shape index (κ2) is 13.3. The molecule has 0 bridgehead atoms. The van der Waals surface area contributed by atoms with Crippen molar-refractivity contribution >= 4 is 23.1 Å². The Balaban J connectivity index is 1.08. The first kappa shape index (κ1) is 31.3. The Morgan fingerprint density at radius 1 is 0.978 bits per heavy atom. The van der Waals surface area contributed by atoms with Gasteiger partial charge in [-0.1, -0.05) is 30.7 Å². The van der Waals surface area contributed by atoms with Crippen molar-refractivity contribution < 1.29 is 22.7 Å². The Bertz CT molecular complexity index is 1470. The van der Waals surface area contributed by atoms with Gasteiger partial charge >= 0.3 is 6.18 Å². The van der Waals surface area contributed by atoms with Gasteiger partial charge in [-0.2, -0.15) is 13.2 Å². The highest BCUT2D eigenvalue weighted by atomic mass is 19.4. The highest BCUT2D eigenvalue weighted by Gasteiger charge is 2.41. The van der Waals surface area contributed by atoms with Crippen molar-refractivity contribution in [2.75, 3.05) is 29.0 Å². The minimum atomic E-state index is -4.61. The number of ether oxygens (including phenoxy) is 1. The number of rotatable bonds is 11. The fourth-order valence-corrected chi connectivity index (χ4v) is 6.61. The summed E-state index contributed by atoms with van der Waals surface area (Å²) in [4.78, 5) is 24.1. The molecule has 8 nitrogen and oxygen atoms in total. The van der Waals surface area contributed by atoms with Crippen LogP contribution in [0.1, 0.15) is 79.5 Å². The molecule has 3 N–H and O–H groups in total. The Morgan fingerprint density at radius 2 is 1.71 bits per heavy atom. The van der Waals surface area contributed by atoms with Gasteiger partial charge in [-0.25, -0.2) is 9.97 Å². The van der Waals surface area contributed by atoms with Crippen molar-refractivity contribution in [3.63, 3.8) is 0 Å². The molecule has 4 atom stereocenters. The average molecular weight is 623 g/mol. The second-order valence-corrected chi connectivity index (χ2v) is 12.5. The highest BCUT2D eigenvalue weighted by Crippen LogP contribution is 2.46. The maximum Gasteiger partial charge on any atom is 0.409 e. The molecule has 0 spiro atoms. The van der Waals surface area contributed by atoms with E-state index in [0.717, 1.165) is 41.3 Å². The van der Waals surface area contributed by atoms with Crippen LogP contribution in [0.4, 0.5) is 30.4 Å². The predicted octanol–water partition coefficient (Wildman–Crippen LogP) is 7.30. The number of carbonyl (C=O) groups is 1. The van der Waals surface area contributed by atoms with Crippen LogP contribution in [0.25, 0.3) is 0 Å². The van der Waals surface area contributed by atoms with Crippen molar-refractivity contribution in [3.8, 4) is 0 Å². The molecule has 11 heteroatoms. The lowest BCUT2D eigenvalue weighted by Gasteiger charge is -2.41. The summed E-state index contributed by atoms with van der Waals surface area (Å²) in [5.41, 5.74) is 4.35. The number of halogens is 3. The number of hydrogen-bond acceptors (Lipinski definition) is 7. The van der Waals surface area contributed by atoms with Crippen molar-refractivity contribution in [1.82, 2.24) is 14.9 Å². The van der Waals surface area contributed by atoms with E-state index in [1.54, 1.807) is 54.9 Å². The standard InChI is InChI=1S/C34H41F3N6O2/c1-21-17-25(40-29(34(35,36)37)19-30(44)41-24-11-4-3-5-12-24)13-14-26(21)27-18-28(45-27)31-22(2)32(39-20-38-31)42-33(23-9-8-10-23)43-15-6-7-16-43/h3-5,11-14,17,20,23,27-29,33,40H,6-10,15-16,18-19H2,1-2H3,(H,41,44)(H,38,39,42). The number of alkyl halides is 3. The number of carbonyl (C=O) groups excluding carboxylic acids is 1. The van der Waals surface area contributed by atoms with Gasteiger partial charge in [-0.15, -0.1) is 0 Å². The Morgan fingerprint density at radius 3 is 2.36 bits per heavy atom. The number of hydrogen-bond donors (Lipinski definition) is 3. The summed E-state index contributed by atoms with van der Waals surface area (Å²) in [6.07, 6.45) is 3.14. The molecule has 0 radical (unpaired) electrons. The Kier molecular flexibility index (Phi) is 9.28. The van der Waals surface area contributed by atoms with E-state index >= 15 is 0 Å². The minimum Gasteiger partial charge on any atom is -0.374 e. The summed E-state index contributed by atoms with van der Waals surface area (Å²) in [5, 5.41) is 8.80. The van der Waals surface area contributed by atoms with Crippen LogP contribution in [-0.2, 0) is 9.53 Å². The summed E-state index contributed by atoms with van der Waals surface area (Å²) in [5.74, 6) is 0.786. The van der Waals surface area contributed by atoms with E-state index < -0.39 is 24.5 Å². The molecular weight excluding hydrogens is 581 g/mol. The number of benzene rings is 2. The third kappa shape index (κ3) is 7.25. The van der Waals surface area contributed by atoms with E-state index in [-0.39, 0.29) is 12.2 Å². The number of aryl methyl sites for hydroxylation is 1. The summed E-state index contributed by atoms with van der Waals surface area (Å²) in [7, 11) is 0. The molecule has 3 aliphatic rings. The van der Waals surface area contributed by atoms with Gasteiger partial charge in [0.2, 0.25) is 5.91 Å². The quantitative estimate of drug-likeness (QED) is 0.207. The molecule has 3 fully saturated rings. The lowest BCUT2D eigenvalue weighted by Crippen LogP contribution is -2.47. The molecule has 1 saturated carbocycles. The first-order chi connectivity index (χ1) is 21.7. The number of aromatic nitrogens is 2. The van der Waals surface area contributed by atoms with Crippen LogP contribution in [0.2, 0.25) is 0 Å². The number of likely N-dealkylation sites (tertiary alicyclic amines) is 1. The number of anilines is 3. The topological polar surface area (TPSA) is 91.4 Å². The van der Waals surface area contributed by atoms with Crippen LogP contribution >= 0.6 is 0 Å². The van der Waals surface area contributed by atoms with Gasteiger partial charge in [0.25, 0.3) is 0 Å². The lowest BCUT2D eigenvalue weighted by molar-refractivity contribution is -0.148. The van der Waals surface area contributed by atoms with Gasteiger partial charge in [0.1, 0.15) is 24.3 Å². The summed E-state index contributed by atoms with van der Waals surface area (Å²) >= 11 is 0. The van der Waals surface area contributed by atoms with Crippen molar-refractivity contribution in [2.24, 2.45) is 5.92 Å². The minimum absolute atomic E-state index is 0.178. The van der Waals surface area contributed by atoms with Crippen molar-refractivity contribution in [3.05, 3.63) is 77.2 Å². The fraction of sp³-hybridized carbons (Fsp3) is 0.500. The van der Waals surface area contributed by atoms with Gasteiger partial charge in [0, 0.05) is 36.4 Å². The second-order valence-electron chi connectivity index (χ2n) is 12.5. The normalized spacial score (nSPS) is 21.8. The Hall–Kier alpha value is -3.70. The van der Waals surface area contributed by atoms with Crippen LogP contribution in [0, 0.1) is 19.8 Å². The van der Waals surface area contributed by atoms with Gasteiger partial charge in [0.15, 0.2) is 0 Å². The van der Waals surface area contributed by atoms with Gasteiger partial charge in [0.05, 0.1) is 24.4 Å². The van der Waals surface area contributed by atoms with Crippen molar-refractivity contribution in [2.45, 2.75) is 89.4 Å². The Labute approximate surface area is 262 Å². The van der Waals surface area contributed by atoms with E-state index in [9.17, 15) is 18.0 Å². The molecule has 240 valence electrons. The smallest absolute Gasteiger partial charge is 0.374 e. The van der Waals surface area contributed by atoms with Gasteiger partial charge < -0.3 is 20.7 Å². The van der Waals surface area contributed by atoms with Gasteiger partial charge in [-0.3, -0.25) is 9.69 Å². The molecule has 1 aliphatic carbocycles. The number of para-hydroxylation sites is 1. The maximum absolute atomic E-state index is 13.9.